The van der Waals surface area contributed by atoms with Crippen LogP contribution in [-0.2, 0) is 11.8 Å². The summed E-state index contributed by atoms with van der Waals surface area (Å²) in [6.45, 7) is 4.74. The number of carbonyl (C=O) groups is 1. The zero-order valence-corrected chi connectivity index (χ0v) is 21.0. The topological polar surface area (TPSA) is 62.2 Å². The highest BCUT2D eigenvalue weighted by atomic mass is 32.1. The Morgan fingerprint density at radius 1 is 1.09 bits per heavy atom. The standard InChI is InChI=1S/C28H29N5OS/c1-18-17-22(19(2)32(18)3)27-26(24-12-6-7-15-29-24)31-28(35)33(27)16-14-25(34)30-23-13-8-10-20-9-4-5-11-21(20)23/h4-13,15,17,26-27H,14,16H2,1-3H3,(H,30,34)(H,31,35)/t26-,27+/m1/s1. The molecule has 0 bridgehead atoms. The van der Waals surface area contributed by atoms with Crippen LogP contribution in [0.25, 0.3) is 10.8 Å². The Balaban J connectivity index is 1.39. The highest BCUT2D eigenvalue weighted by Gasteiger charge is 2.41. The molecule has 1 amide bonds. The van der Waals surface area contributed by atoms with Crippen LogP contribution in [0.1, 0.15) is 41.1 Å². The van der Waals surface area contributed by atoms with Gasteiger partial charge >= 0.3 is 0 Å². The molecule has 3 heterocycles. The van der Waals surface area contributed by atoms with Crippen molar-refractivity contribution in [3.05, 3.63) is 95.6 Å². The average Bonchev–Trinajstić information content (AvgIpc) is 3.33. The number of nitrogens with zero attached hydrogens (tertiary/aromatic N) is 3. The van der Waals surface area contributed by atoms with Crippen LogP contribution in [0.3, 0.4) is 0 Å². The third-order valence-electron chi connectivity index (χ3n) is 6.97. The second kappa shape index (κ2) is 9.50. The van der Waals surface area contributed by atoms with Crippen LogP contribution < -0.4 is 10.6 Å². The number of thiocarbonyl (C=S) groups is 1. The van der Waals surface area contributed by atoms with Crippen molar-refractivity contribution in [3.63, 3.8) is 0 Å². The Labute approximate surface area is 211 Å². The molecule has 1 saturated heterocycles. The van der Waals surface area contributed by atoms with E-state index in [9.17, 15) is 4.79 Å². The van der Waals surface area contributed by atoms with Gasteiger partial charge in [-0.15, -0.1) is 0 Å². The lowest BCUT2D eigenvalue weighted by molar-refractivity contribution is -0.116. The first kappa shape index (κ1) is 23.1. The van der Waals surface area contributed by atoms with E-state index in [2.05, 4.69) is 52.0 Å². The molecular weight excluding hydrogens is 454 g/mol. The van der Waals surface area contributed by atoms with Crippen LogP contribution >= 0.6 is 12.2 Å². The van der Waals surface area contributed by atoms with Gasteiger partial charge in [0.1, 0.15) is 0 Å². The Hall–Kier alpha value is -3.71. The van der Waals surface area contributed by atoms with Crippen LogP contribution in [0.5, 0.6) is 0 Å². The van der Waals surface area contributed by atoms with Gasteiger partial charge in [-0.05, 0) is 61.3 Å². The van der Waals surface area contributed by atoms with Crippen molar-refractivity contribution in [1.29, 1.82) is 0 Å². The van der Waals surface area contributed by atoms with Gasteiger partial charge in [0.05, 0.1) is 17.8 Å². The van der Waals surface area contributed by atoms with Gasteiger partial charge in [0.2, 0.25) is 5.91 Å². The van der Waals surface area contributed by atoms with E-state index in [0.717, 1.165) is 22.2 Å². The average molecular weight is 484 g/mol. The van der Waals surface area contributed by atoms with Crippen molar-refractivity contribution in [1.82, 2.24) is 19.8 Å². The number of amides is 1. The molecule has 7 heteroatoms. The first-order valence-corrected chi connectivity index (χ1v) is 12.2. The number of hydrogen-bond acceptors (Lipinski definition) is 3. The monoisotopic (exact) mass is 483 g/mol. The maximum absolute atomic E-state index is 13.0. The molecule has 35 heavy (non-hydrogen) atoms. The van der Waals surface area contributed by atoms with E-state index in [-0.39, 0.29) is 18.0 Å². The zero-order chi connectivity index (χ0) is 24.5. The van der Waals surface area contributed by atoms with Crippen molar-refractivity contribution in [2.45, 2.75) is 32.4 Å². The molecule has 2 N–H and O–H groups in total. The molecule has 0 saturated carbocycles. The van der Waals surface area contributed by atoms with E-state index in [1.165, 1.54) is 17.0 Å². The second-order valence-electron chi connectivity index (χ2n) is 9.03. The summed E-state index contributed by atoms with van der Waals surface area (Å²) in [5.74, 6) is -0.0369. The molecule has 4 aromatic rings. The predicted octanol–water partition coefficient (Wildman–Crippen LogP) is 5.19. The summed E-state index contributed by atoms with van der Waals surface area (Å²) in [6, 6.07) is 22.0. The van der Waals surface area contributed by atoms with Gasteiger partial charge in [-0.25, -0.2) is 0 Å². The zero-order valence-electron chi connectivity index (χ0n) is 20.2. The molecule has 1 fully saturated rings. The van der Waals surface area contributed by atoms with E-state index in [4.69, 9.17) is 12.2 Å². The fraction of sp³-hybridized carbons (Fsp3) is 0.250. The van der Waals surface area contributed by atoms with Crippen LogP contribution in [0.4, 0.5) is 5.69 Å². The van der Waals surface area contributed by atoms with Gasteiger partial charge in [0, 0.05) is 48.7 Å². The molecule has 1 aliphatic heterocycles. The van der Waals surface area contributed by atoms with Gasteiger partial charge in [0.25, 0.3) is 0 Å². The molecule has 2 atom stereocenters. The fourth-order valence-electron chi connectivity index (χ4n) is 4.94. The quantitative estimate of drug-likeness (QED) is 0.370. The Morgan fingerprint density at radius 3 is 2.60 bits per heavy atom. The lowest BCUT2D eigenvalue weighted by atomic mass is 9.96. The highest BCUT2D eigenvalue weighted by molar-refractivity contribution is 7.80. The van der Waals surface area contributed by atoms with Crippen LogP contribution in [0.15, 0.2) is 72.9 Å². The Morgan fingerprint density at radius 2 is 1.86 bits per heavy atom. The highest BCUT2D eigenvalue weighted by Crippen LogP contribution is 2.40. The van der Waals surface area contributed by atoms with Crippen molar-refractivity contribution >= 4 is 39.7 Å². The largest absolute Gasteiger partial charge is 0.352 e. The van der Waals surface area contributed by atoms with Crippen molar-refractivity contribution in [3.8, 4) is 0 Å². The Bertz CT molecular complexity index is 1390. The lowest BCUT2D eigenvalue weighted by Gasteiger charge is -2.28. The SMILES string of the molecule is Cc1cc([C@H]2[C@@H](c3ccccn3)NC(=S)N2CCC(=O)Nc2cccc3ccccc23)c(C)n1C. The number of anilines is 1. The molecule has 178 valence electrons. The fourth-order valence-corrected chi connectivity index (χ4v) is 5.27. The maximum Gasteiger partial charge on any atom is 0.226 e. The van der Waals surface area contributed by atoms with E-state index in [1.807, 2.05) is 60.7 Å². The molecule has 2 aromatic carbocycles. The first-order chi connectivity index (χ1) is 16.9. The minimum atomic E-state index is -0.0923. The van der Waals surface area contributed by atoms with Crippen molar-refractivity contribution in [2.24, 2.45) is 7.05 Å². The summed E-state index contributed by atoms with van der Waals surface area (Å²) in [7, 11) is 2.08. The van der Waals surface area contributed by atoms with Gasteiger partial charge in [-0.1, -0.05) is 42.5 Å². The Kier molecular flexibility index (Phi) is 6.26. The predicted molar refractivity (Wildman–Crippen MR) is 144 cm³/mol. The summed E-state index contributed by atoms with van der Waals surface area (Å²) in [4.78, 5) is 19.8. The molecule has 0 spiro atoms. The molecule has 5 rings (SSSR count). The number of rotatable bonds is 6. The van der Waals surface area contributed by atoms with Gasteiger partial charge in [-0.2, -0.15) is 0 Å². The number of carbonyl (C=O) groups excluding carboxylic acids is 1. The van der Waals surface area contributed by atoms with Gasteiger partial charge in [-0.3, -0.25) is 9.78 Å². The summed E-state index contributed by atoms with van der Waals surface area (Å²) in [5.41, 5.74) is 5.33. The minimum Gasteiger partial charge on any atom is -0.352 e. The first-order valence-electron chi connectivity index (χ1n) is 11.8. The molecule has 0 unspecified atom stereocenters. The van der Waals surface area contributed by atoms with E-state index in [0.29, 0.717) is 18.1 Å². The van der Waals surface area contributed by atoms with Crippen molar-refractivity contribution in [2.75, 3.05) is 11.9 Å². The number of nitrogens with one attached hydrogen (secondary N) is 2. The molecule has 0 aliphatic carbocycles. The summed E-state index contributed by atoms with van der Waals surface area (Å²) in [5, 5.41) is 9.35. The number of fused-ring (bicyclic) bond motifs is 1. The number of benzene rings is 2. The molecular formula is C28H29N5OS. The lowest BCUT2D eigenvalue weighted by Crippen LogP contribution is -2.32. The molecule has 0 radical (unpaired) electrons. The van der Waals surface area contributed by atoms with Crippen molar-refractivity contribution < 1.29 is 4.79 Å². The smallest absolute Gasteiger partial charge is 0.226 e. The van der Waals surface area contributed by atoms with Gasteiger partial charge < -0.3 is 20.1 Å². The van der Waals surface area contributed by atoms with E-state index < -0.39 is 0 Å². The maximum atomic E-state index is 13.0. The second-order valence-corrected chi connectivity index (χ2v) is 9.42. The van der Waals surface area contributed by atoms with E-state index >= 15 is 0 Å². The van der Waals surface area contributed by atoms with Gasteiger partial charge in [0.15, 0.2) is 5.11 Å². The normalized spacial score (nSPS) is 17.6. The summed E-state index contributed by atoms with van der Waals surface area (Å²) in [6.07, 6.45) is 2.13. The minimum absolute atomic E-state index is 0.0369. The number of pyridine rings is 1. The van der Waals surface area contributed by atoms with Crippen LogP contribution in [0, 0.1) is 13.8 Å². The summed E-state index contributed by atoms with van der Waals surface area (Å²) < 4.78 is 2.19. The van der Waals surface area contributed by atoms with Crippen LogP contribution in [0.2, 0.25) is 0 Å². The van der Waals surface area contributed by atoms with Crippen LogP contribution in [-0.4, -0.2) is 32.0 Å². The third-order valence-corrected chi connectivity index (χ3v) is 7.33. The van der Waals surface area contributed by atoms with E-state index in [1.54, 1.807) is 6.20 Å². The number of aromatic nitrogens is 2. The number of hydrogen-bond donors (Lipinski definition) is 2. The third kappa shape index (κ3) is 4.39. The molecule has 6 nitrogen and oxygen atoms in total. The molecule has 2 aromatic heterocycles. The number of aryl methyl sites for hydroxylation is 1. The molecule has 1 aliphatic rings. The summed E-state index contributed by atoms with van der Waals surface area (Å²) >= 11 is 5.77.